The molecule has 4 N–H and O–H groups in total. The van der Waals surface area contributed by atoms with Gasteiger partial charge in [0.2, 0.25) is 0 Å². The number of carbonyl (C=O) groups is 2. The molecule has 4 atom stereocenters. The standard InChI is InChI=1S/C15H27NO8/c1-9(17)4-13(16)22-7-12(24-15(21)6-11(3)19)8-23-14(20)5-10(2)18/h9-12,16-19H,4-8H2,1-3H3/t9?,10?,11-,12?/m1/s1. The van der Waals surface area contributed by atoms with Gasteiger partial charge in [-0.2, -0.15) is 0 Å². The number of rotatable bonds is 11. The summed E-state index contributed by atoms with van der Waals surface area (Å²) in [5, 5.41) is 34.9. The van der Waals surface area contributed by atoms with Crippen molar-refractivity contribution in [2.45, 2.75) is 64.4 Å². The van der Waals surface area contributed by atoms with Gasteiger partial charge in [-0.05, 0) is 20.8 Å². The van der Waals surface area contributed by atoms with Crippen molar-refractivity contribution >= 4 is 17.8 Å². The fraction of sp³-hybridized carbons (Fsp3) is 0.800. The predicted octanol–water partition coefficient (Wildman–Crippen LogP) is -0.252. The zero-order valence-corrected chi connectivity index (χ0v) is 14.2. The van der Waals surface area contributed by atoms with E-state index < -0.39 is 36.4 Å². The minimum atomic E-state index is -0.969. The van der Waals surface area contributed by atoms with Gasteiger partial charge in [0.15, 0.2) is 12.0 Å². The number of ether oxygens (including phenoxy) is 3. The predicted molar refractivity (Wildman–Crippen MR) is 83.4 cm³/mol. The molecule has 0 saturated carbocycles. The minimum Gasteiger partial charge on any atom is -0.477 e. The molecule has 3 unspecified atom stereocenters. The maximum atomic E-state index is 11.6. The Morgan fingerprint density at radius 2 is 1.29 bits per heavy atom. The molecule has 0 aliphatic carbocycles. The molecule has 0 aromatic heterocycles. The summed E-state index contributed by atoms with van der Waals surface area (Å²) in [6, 6.07) is 0. The Hall–Kier alpha value is -1.71. The second kappa shape index (κ2) is 11.8. The van der Waals surface area contributed by atoms with Gasteiger partial charge in [0.05, 0.1) is 31.2 Å². The zero-order chi connectivity index (χ0) is 18.7. The Morgan fingerprint density at radius 3 is 1.79 bits per heavy atom. The van der Waals surface area contributed by atoms with Crippen LogP contribution in [0.1, 0.15) is 40.0 Å². The SMILES string of the molecule is CC(O)CC(=N)OCC(COC(=O)CC(C)O)OC(=O)C[C@@H](C)O. The van der Waals surface area contributed by atoms with Crippen molar-refractivity contribution in [3.05, 3.63) is 0 Å². The molecule has 0 aromatic rings. The van der Waals surface area contributed by atoms with Crippen LogP contribution in [0.25, 0.3) is 0 Å². The van der Waals surface area contributed by atoms with Crippen molar-refractivity contribution in [1.29, 1.82) is 5.41 Å². The van der Waals surface area contributed by atoms with Gasteiger partial charge in [-0.25, -0.2) is 0 Å². The maximum Gasteiger partial charge on any atom is 0.308 e. The molecular formula is C15H27NO8. The normalized spacial score (nSPS) is 15.8. The van der Waals surface area contributed by atoms with Crippen LogP contribution in [-0.4, -0.2) is 70.8 Å². The maximum absolute atomic E-state index is 11.6. The summed E-state index contributed by atoms with van der Waals surface area (Å²) in [4.78, 5) is 23.0. The number of nitrogens with one attached hydrogen (secondary N) is 1. The molecule has 9 nitrogen and oxygen atoms in total. The fourth-order valence-electron chi connectivity index (χ4n) is 1.60. The number of carbonyl (C=O) groups excluding carboxylic acids is 2. The highest BCUT2D eigenvalue weighted by Gasteiger charge is 2.20. The Labute approximate surface area is 141 Å². The molecule has 0 rings (SSSR count). The highest BCUT2D eigenvalue weighted by atomic mass is 16.6. The zero-order valence-electron chi connectivity index (χ0n) is 14.2. The number of aliphatic hydroxyl groups is 3. The van der Waals surface area contributed by atoms with Gasteiger partial charge < -0.3 is 29.5 Å². The summed E-state index contributed by atoms with van der Waals surface area (Å²) in [7, 11) is 0. The van der Waals surface area contributed by atoms with E-state index in [1.807, 2.05) is 0 Å². The Morgan fingerprint density at radius 1 is 0.833 bits per heavy atom. The van der Waals surface area contributed by atoms with Crippen molar-refractivity contribution in [3.8, 4) is 0 Å². The summed E-state index contributed by atoms with van der Waals surface area (Å²) in [5.41, 5.74) is 0. The highest BCUT2D eigenvalue weighted by Crippen LogP contribution is 2.04. The summed E-state index contributed by atoms with van der Waals surface area (Å²) in [5.74, 6) is -1.57. The highest BCUT2D eigenvalue weighted by molar-refractivity contribution is 5.73. The lowest BCUT2D eigenvalue weighted by Crippen LogP contribution is -2.32. The molecule has 140 valence electrons. The topological polar surface area (TPSA) is 146 Å². The lowest BCUT2D eigenvalue weighted by Gasteiger charge is -2.19. The smallest absolute Gasteiger partial charge is 0.308 e. The first kappa shape index (κ1) is 22.3. The van der Waals surface area contributed by atoms with Gasteiger partial charge in [0, 0.05) is 6.42 Å². The molecule has 0 fully saturated rings. The van der Waals surface area contributed by atoms with Crippen LogP contribution in [-0.2, 0) is 23.8 Å². The van der Waals surface area contributed by atoms with E-state index in [0.29, 0.717) is 0 Å². The van der Waals surface area contributed by atoms with Crippen LogP contribution in [0.15, 0.2) is 0 Å². The number of hydrogen-bond acceptors (Lipinski definition) is 9. The second-order valence-electron chi connectivity index (χ2n) is 5.69. The lowest BCUT2D eigenvalue weighted by atomic mass is 10.3. The molecular weight excluding hydrogens is 322 g/mol. The van der Waals surface area contributed by atoms with Crippen molar-refractivity contribution in [2.75, 3.05) is 13.2 Å². The van der Waals surface area contributed by atoms with E-state index in [4.69, 9.17) is 34.9 Å². The first-order valence-electron chi connectivity index (χ1n) is 7.69. The largest absolute Gasteiger partial charge is 0.477 e. The summed E-state index contributed by atoms with van der Waals surface area (Å²) < 4.78 is 15.0. The van der Waals surface area contributed by atoms with Crippen molar-refractivity contribution in [3.63, 3.8) is 0 Å². The van der Waals surface area contributed by atoms with E-state index in [0.717, 1.165) is 0 Å². The lowest BCUT2D eigenvalue weighted by molar-refractivity contribution is -0.163. The molecule has 0 spiro atoms. The van der Waals surface area contributed by atoms with Crippen molar-refractivity contribution in [2.24, 2.45) is 0 Å². The summed E-state index contributed by atoms with van der Waals surface area (Å²) >= 11 is 0. The van der Waals surface area contributed by atoms with Gasteiger partial charge in [-0.1, -0.05) is 0 Å². The van der Waals surface area contributed by atoms with Crippen LogP contribution < -0.4 is 0 Å². The molecule has 0 amide bonds. The third kappa shape index (κ3) is 12.8. The second-order valence-corrected chi connectivity index (χ2v) is 5.69. The van der Waals surface area contributed by atoms with Gasteiger partial charge in [-0.15, -0.1) is 0 Å². The van der Waals surface area contributed by atoms with E-state index >= 15 is 0 Å². The molecule has 9 heteroatoms. The average Bonchev–Trinajstić information content (AvgIpc) is 2.39. The molecule has 0 aliphatic heterocycles. The van der Waals surface area contributed by atoms with E-state index in [1.54, 1.807) is 0 Å². The van der Waals surface area contributed by atoms with E-state index in [1.165, 1.54) is 20.8 Å². The van der Waals surface area contributed by atoms with Crippen molar-refractivity contribution < 1.29 is 39.1 Å². The van der Waals surface area contributed by atoms with Gasteiger partial charge in [-0.3, -0.25) is 15.0 Å². The van der Waals surface area contributed by atoms with E-state index in [-0.39, 0.29) is 38.4 Å². The first-order valence-corrected chi connectivity index (χ1v) is 7.69. The number of esters is 2. The third-order valence-electron chi connectivity index (χ3n) is 2.58. The quantitative estimate of drug-likeness (QED) is 0.227. The first-order chi connectivity index (χ1) is 11.1. The Bertz CT molecular complexity index is 382. The van der Waals surface area contributed by atoms with Crippen LogP contribution in [0, 0.1) is 5.41 Å². The van der Waals surface area contributed by atoms with Crippen LogP contribution in [0.5, 0.6) is 0 Å². The van der Waals surface area contributed by atoms with Gasteiger partial charge in [0.25, 0.3) is 0 Å². The van der Waals surface area contributed by atoms with Gasteiger partial charge >= 0.3 is 11.9 Å². The molecule has 0 saturated heterocycles. The van der Waals surface area contributed by atoms with Crippen LogP contribution in [0.3, 0.4) is 0 Å². The third-order valence-corrected chi connectivity index (χ3v) is 2.58. The molecule has 0 heterocycles. The number of aliphatic hydroxyl groups excluding tert-OH is 3. The molecule has 0 aromatic carbocycles. The Kier molecular flexibility index (Phi) is 10.9. The van der Waals surface area contributed by atoms with E-state index in [2.05, 4.69) is 0 Å². The Balaban J connectivity index is 4.50. The molecule has 0 bridgehead atoms. The van der Waals surface area contributed by atoms with Crippen LogP contribution in [0.4, 0.5) is 0 Å². The monoisotopic (exact) mass is 349 g/mol. The molecule has 0 aliphatic rings. The van der Waals surface area contributed by atoms with E-state index in [9.17, 15) is 9.59 Å². The number of hydrogen-bond donors (Lipinski definition) is 4. The molecule has 0 radical (unpaired) electrons. The molecule has 24 heavy (non-hydrogen) atoms. The van der Waals surface area contributed by atoms with Crippen molar-refractivity contribution in [1.82, 2.24) is 0 Å². The van der Waals surface area contributed by atoms with Crippen LogP contribution >= 0.6 is 0 Å². The summed E-state index contributed by atoms with van der Waals surface area (Å²) in [6.07, 6.45) is -3.90. The summed E-state index contributed by atoms with van der Waals surface area (Å²) in [6.45, 7) is 3.81. The minimum absolute atomic E-state index is 0.00381. The average molecular weight is 349 g/mol. The fourth-order valence-corrected chi connectivity index (χ4v) is 1.60. The van der Waals surface area contributed by atoms with Gasteiger partial charge in [0.1, 0.15) is 13.2 Å². The van der Waals surface area contributed by atoms with Crippen LogP contribution in [0.2, 0.25) is 0 Å².